The normalized spacial score (nSPS) is 11.3. The second-order valence-corrected chi connectivity index (χ2v) is 35.7. The quantitative estimate of drug-likeness (QED) is 0.114. The average molecular weight is 2890 g/mol. The molecule has 0 spiro atoms. The van der Waals surface area contributed by atoms with Crippen LogP contribution in [0, 0.1) is 77.9 Å². The summed E-state index contributed by atoms with van der Waals surface area (Å²) in [5, 5.41) is 21.2. The molecule has 0 unspecified atom stereocenters. The summed E-state index contributed by atoms with van der Waals surface area (Å²) in [6, 6.07) is 108. The van der Waals surface area contributed by atoms with Crippen LogP contribution in [0.1, 0.15) is 109 Å². The Morgan fingerprint density at radius 2 is 0.657 bits per heavy atom. The van der Waals surface area contributed by atoms with Gasteiger partial charge >= 0.3 is 0 Å². The molecule has 0 saturated heterocycles. The summed E-state index contributed by atoms with van der Waals surface area (Å²) in [5.41, 5.74) is 31.3. The molecule has 13 aromatic heterocycles. The summed E-state index contributed by atoms with van der Waals surface area (Å²) < 4.78 is 12.9. The zero-order valence-electron chi connectivity index (χ0n) is 78.6. The van der Waals surface area contributed by atoms with Gasteiger partial charge in [0.15, 0.2) is 11.3 Å². The second-order valence-electron chi connectivity index (χ2n) is 35.7. The van der Waals surface area contributed by atoms with Crippen LogP contribution in [0.2, 0.25) is 0 Å². The molecular weight excluding hydrogens is 2790 g/mol. The van der Waals surface area contributed by atoms with Crippen molar-refractivity contribution in [1.82, 2.24) is 66.3 Å². The first kappa shape index (κ1) is 101. The number of unbranched alkanes of at least 4 members (excludes halogenated alkanes) is 1. The largest absolute Gasteiger partial charge is 0.340 e. The molecule has 14 aromatic carbocycles. The van der Waals surface area contributed by atoms with E-state index in [-0.39, 0.29) is 121 Å². The second kappa shape index (κ2) is 42.6. The molecule has 0 aliphatic carbocycles. The number of aromatic nitrogens is 14. The van der Waals surface area contributed by atoms with E-state index in [1.165, 1.54) is 172 Å². The van der Waals surface area contributed by atoms with E-state index < -0.39 is 0 Å². The molecule has 6 radical (unpaired) electrons. The van der Waals surface area contributed by atoms with Gasteiger partial charge in [-0.2, -0.15) is 0 Å². The maximum Gasteiger partial charge on any atom is 0.188 e. The van der Waals surface area contributed by atoms with Gasteiger partial charge in [0.1, 0.15) is 0 Å². The smallest absolute Gasteiger partial charge is 0.188 e. The number of benzene rings is 14. The van der Waals surface area contributed by atoms with E-state index in [2.05, 4.69) is 356 Å². The van der Waals surface area contributed by atoms with Crippen molar-refractivity contribution >= 4 is 175 Å². The van der Waals surface area contributed by atoms with Crippen LogP contribution in [0.15, 0.2) is 323 Å². The SMILES string of the molecule is CC(C)c1ccc(-c2ccc3c(c2)c2ccc[c-]c2c2nccn32)cc1.CC(C)c1ccc2c(c1)c1ccc[c-]c1c1nc3nccnc3n21.CCCCc1ccc2c(c1)c1ccc[c-]c1c1nccn21.Cc1cc(C)c2c(c1)c1ccc[c-]c1c1nccn12.Cc1cc2c3ccc[c-]c3c3nccn3c2cc1C.Cc1cccc(C)c1-c1ccc2c(c1)c1ccc[c-]c1c1nccn21.[Ir].[Ir].[Ir].[Ir].[Ir].[Ir]. The van der Waals surface area contributed by atoms with Gasteiger partial charge in [-0.3, -0.25) is 29.9 Å². The fourth-order valence-corrected chi connectivity index (χ4v) is 19.8. The number of fused-ring (bicyclic) bond motifs is 38. The number of imidazole rings is 6. The zero-order chi connectivity index (χ0) is 91.1. The molecule has 14 nitrogen and oxygen atoms in total. The van der Waals surface area contributed by atoms with Crippen molar-refractivity contribution in [3.05, 3.63) is 410 Å². The van der Waals surface area contributed by atoms with Crippen LogP contribution >= 0.6 is 0 Å². The molecule has 0 bridgehead atoms. The number of pyridine rings is 6. The summed E-state index contributed by atoms with van der Waals surface area (Å²) in [4.78, 5) is 36.1. The van der Waals surface area contributed by atoms with Crippen LogP contribution in [-0.2, 0) is 127 Å². The molecule has 0 fully saturated rings. The van der Waals surface area contributed by atoms with E-state index in [0.29, 0.717) is 17.5 Å². The number of nitrogens with zero attached hydrogens (tertiary/aromatic N) is 14. The molecule has 27 rings (SSSR count). The molecule has 704 valence electrons. The summed E-state index contributed by atoms with van der Waals surface area (Å²) in [6.45, 7) is 24.1. The third kappa shape index (κ3) is 18.3. The van der Waals surface area contributed by atoms with Gasteiger partial charge in [-0.05, 0) is 196 Å². The zero-order valence-corrected chi connectivity index (χ0v) is 93.0. The molecular formula is C120H94Ir6N14-6. The first-order valence-electron chi connectivity index (χ1n) is 46.0. The third-order valence-corrected chi connectivity index (χ3v) is 26.5. The van der Waals surface area contributed by atoms with Gasteiger partial charge in [0, 0.05) is 228 Å². The number of rotatable bonds is 7. The minimum Gasteiger partial charge on any atom is -0.340 e. The summed E-state index contributed by atoms with van der Waals surface area (Å²) in [7, 11) is 0. The molecule has 20 heteroatoms. The third-order valence-electron chi connectivity index (χ3n) is 26.5. The van der Waals surface area contributed by atoms with Gasteiger partial charge < -0.3 is 26.4 Å². The molecule has 0 atom stereocenters. The Bertz CT molecular complexity index is 9310. The number of hydrogen-bond acceptors (Lipinski definition) is 8. The van der Waals surface area contributed by atoms with E-state index in [9.17, 15) is 0 Å². The Kier molecular flexibility index (Phi) is 30.6. The van der Waals surface area contributed by atoms with Gasteiger partial charge in [-0.25, -0.2) is 9.97 Å². The monoisotopic (exact) mass is 2890 g/mol. The summed E-state index contributed by atoms with van der Waals surface area (Å²) >= 11 is 0. The van der Waals surface area contributed by atoms with E-state index in [1.54, 1.807) is 12.4 Å². The van der Waals surface area contributed by atoms with Crippen LogP contribution in [-0.4, -0.2) is 66.3 Å². The van der Waals surface area contributed by atoms with E-state index in [1.807, 2.05) is 129 Å². The van der Waals surface area contributed by atoms with Crippen molar-refractivity contribution in [2.75, 3.05) is 0 Å². The summed E-state index contributed by atoms with van der Waals surface area (Å²) in [5.74, 6) is 1.03. The Balaban J connectivity index is 0.000000121. The van der Waals surface area contributed by atoms with E-state index >= 15 is 0 Å². The molecule has 27 aromatic rings. The van der Waals surface area contributed by atoms with Crippen molar-refractivity contribution in [1.29, 1.82) is 0 Å². The van der Waals surface area contributed by atoms with Crippen molar-refractivity contribution in [2.24, 2.45) is 0 Å². The van der Waals surface area contributed by atoms with E-state index in [0.717, 1.165) is 89.2 Å². The standard InChI is InChI=1S/C24H19N2.C23H17N2.C20H15N4.C19H17N2.2C17H13N2.6Ir/c1-16(2)17-7-9-18(10-8-17)19-11-12-23-22(15-19)20-5-3-4-6-21(20)24-25-13-14-26(23)24;1-15-6-5-7-16(2)22(15)17-10-11-21-20(14-17)18-8-3-4-9-19(18)23-24-12-13-25(21)23;1-12(2)13-7-8-17-16(11-13)14-5-3-4-6-15(14)19-23-18-20(24(17)19)22-10-9-21-18;1-2-3-6-14-9-10-18-17(13-14)15-7-4-5-8-16(15)19-20-11-12-21(18)19;1-11-9-15-13-5-3-4-6-14(13)17-18-7-8-19(17)16(15)10-12(11)2;1-11-9-12(2)16-15(10-11)13-5-3-4-6-14(13)17-18-7-8-19(16)17;;;;;;/h3-5,7-16H,1-2H3;3-8,10-14H,1-2H3;3-5,7-12H,1-2H3;4-5,7,9-13H,2-3,6H2,1H3;2*3-5,7-10H,1-2H3;;;;;;/q6*-1;;;;;;. The van der Waals surface area contributed by atoms with Crippen LogP contribution in [0.4, 0.5) is 0 Å². The maximum atomic E-state index is 4.71. The molecule has 0 saturated carbocycles. The maximum absolute atomic E-state index is 4.71. The van der Waals surface area contributed by atoms with E-state index in [4.69, 9.17) is 4.98 Å². The number of aryl methyl sites for hydroxylation is 7. The first-order chi connectivity index (χ1) is 65.6. The van der Waals surface area contributed by atoms with Gasteiger partial charge in [0.25, 0.3) is 0 Å². The minimum absolute atomic E-state index is 0. The van der Waals surface area contributed by atoms with Crippen LogP contribution in [0.3, 0.4) is 0 Å². The fourth-order valence-electron chi connectivity index (χ4n) is 19.8. The predicted molar refractivity (Wildman–Crippen MR) is 553 cm³/mol. The topological polar surface area (TPSA) is 130 Å². The molecule has 13 heterocycles. The minimum atomic E-state index is 0. The molecule has 0 aliphatic rings. The Morgan fingerprint density at radius 3 is 1.14 bits per heavy atom. The van der Waals surface area contributed by atoms with Crippen LogP contribution < -0.4 is 0 Å². The van der Waals surface area contributed by atoms with Gasteiger partial charge in [-0.1, -0.05) is 188 Å². The first-order valence-corrected chi connectivity index (χ1v) is 46.0. The summed E-state index contributed by atoms with van der Waals surface area (Å²) in [6.07, 6.45) is 26.4. The predicted octanol–water partition coefficient (Wildman–Crippen LogP) is 29.3. The Labute approximate surface area is 892 Å². The number of hydrogen-bond donors (Lipinski definition) is 0. The molecule has 0 N–H and O–H groups in total. The average Bonchev–Trinajstić information content (AvgIpc) is 1.62. The molecule has 0 aliphatic heterocycles. The Morgan fingerprint density at radius 1 is 0.279 bits per heavy atom. The van der Waals surface area contributed by atoms with Gasteiger partial charge in [-0.15, -0.1) is 178 Å². The Hall–Kier alpha value is -12.4. The van der Waals surface area contributed by atoms with Crippen molar-refractivity contribution < 1.29 is 121 Å². The van der Waals surface area contributed by atoms with Gasteiger partial charge in [0.2, 0.25) is 0 Å². The van der Waals surface area contributed by atoms with Crippen molar-refractivity contribution in [2.45, 2.75) is 107 Å². The van der Waals surface area contributed by atoms with Crippen molar-refractivity contribution in [3.8, 4) is 22.3 Å². The van der Waals surface area contributed by atoms with Crippen LogP contribution in [0.25, 0.3) is 197 Å². The van der Waals surface area contributed by atoms with Crippen molar-refractivity contribution in [3.63, 3.8) is 0 Å². The van der Waals surface area contributed by atoms with Crippen LogP contribution in [0.5, 0.6) is 0 Å². The molecule has 140 heavy (non-hydrogen) atoms. The fraction of sp³-hybridized carbons (Fsp3) is 0.133. The van der Waals surface area contributed by atoms with Gasteiger partial charge in [0.05, 0.1) is 33.9 Å². The molecule has 0 amide bonds.